The lowest BCUT2D eigenvalue weighted by atomic mass is 9.74. The third kappa shape index (κ3) is 1.78. The van der Waals surface area contributed by atoms with E-state index in [0.29, 0.717) is 28.9 Å². The van der Waals surface area contributed by atoms with E-state index >= 15 is 0 Å². The Labute approximate surface area is 116 Å². The Balaban J connectivity index is 1.44. The molecule has 0 bridgehead atoms. The first kappa shape index (κ1) is 11.5. The minimum atomic E-state index is -0.217. The fourth-order valence-electron chi connectivity index (χ4n) is 2.89. The van der Waals surface area contributed by atoms with E-state index < -0.39 is 0 Å². The first-order valence-electron chi connectivity index (χ1n) is 6.74. The quantitative estimate of drug-likeness (QED) is 0.661. The number of carbonyl (C=O) groups is 1. The molecule has 1 amide bonds. The van der Waals surface area contributed by atoms with Crippen LogP contribution in [-0.2, 0) is 0 Å². The molecule has 4 rings (SSSR count). The van der Waals surface area contributed by atoms with Gasteiger partial charge in [0.25, 0.3) is 5.91 Å². The molecule has 0 unspecified atom stereocenters. The summed E-state index contributed by atoms with van der Waals surface area (Å²) < 4.78 is 10.5. The van der Waals surface area contributed by atoms with Gasteiger partial charge in [0.05, 0.1) is 0 Å². The number of rotatable bonds is 2. The van der Waals surface area contributed by atoms with Crippen LogP contribution in [0, 0.1) is 11.8 Å². The molecule has 1 aromatic rings. The Morgan fingerprint density at radius 3 is 3.10 bits per heavy atom. The van der Waals surface area contributed by atoms with Crippen LogP contribution in [-0.4, -0.2) is 18.4 Å². The van der Waals surface area contributed by atoms with Gasteiger partial charge in [-0.15, -0.1) is 0 Å². The Morgan fingerprint density at radius 2 is 2.20 bits per heavy atom. The zero-order valence-electron chi connectivity index (χ0n) is 10.8. The van der Waals surface area contributed by atoms with Crippen molar-refractivity contribution >= 4 is 11.6 Å². The van der Waals surface area contributed by atoms with E-state index in [-0.39, 0.29) is 12.7 Å². The summed E-state index contributed by atoms with van der Waals surface area (Å²) in [5.41, 5.74) is 4.25. The molecule has 20 heavy (non-hydrogen) atoms. The minimum absolute atomic E-state index is 0.207. The van der Waals surface area contributed by atoms with Gasteiger partial charge in [-0.25, -0.2) is 5.43 Å². The van der Waals surface area contributed by atoms with Gasteiger partial charge in [0.1, 0.15) is 0 Å². The van der Waals surface area contributed by atoms with Crippen molar-refractivity contribution in [1.82, 2.24) is 5.43 Å². The summed E-state index contributed by atoms with van der Waals surface area (Å²) in [6, 6.07) is 5.13. The number of benzene rings is 1. The van der Waals surface area contributed by atoms with E-state index in [1.54, 1.807) is 18.2 Å². The molecule has 1 fully saturated rings. The third-order valence-corrected chi connectivity index (χ3v) is 4.10. The van der Waals surface area contributed by atoms with Crippen molar-refractivity contribution in [2.24, 2.45) is 16.9 Å². The van der Waals surface area contributed by atoms with Crippen LogP contribution in [0.25, 0.3) is 0 Å². The lowest BCUT2D eigenvalue weighted by molar-refractivity contribution is 0.0953. The van der Waals surface area contributed by atoms with Gasteiger partial charge in [-0.1, -0.05) is 12.2 Å². The van der Waals surface area contributed by atoms with Crippen molar-refractivity contribution in [3.63, 3.8) is 0 Å². The Morgan fingerprint density at radius 1 is 1.30 bits per heavy atom. The predicted octanol–water partition coefficient (Wildman–Crippen LogP) is 2.10. The molecule has 5 heteroatoms. The molecule has 5 nitrogen and oxygen atoms in total. The second kappa shape index (κ2) is 4.37. The van der Waals surface area contributed by atoms with E-state index in [9.17, 15) is 4.79 Å². The highest BCUT2D eigenvalue weighted by Crippen LogP contribution is 2.40. The van der Waals surface area contributed by atoms with Crippen molar-refractivity contribution < 1.29 is 14.3 Å². The normalized spacial score (nSPS) is 27.3. The first-order chi connectivity index (χ1) is 9.81. The maximum atomic E-state index is 12.1. The number of hydrazone groups is 1. The van der Waals surface area contributed by atoms with Crippen LogP contribution in [0.4, 0.5) is 0 Å². The number of hydrogen-bond acceptors (Lipinski definition) is 4. The molecule has 0 saturated heterocycles. The summed E-state index contributed by atoms with van der Waals surface area (Å²) in [4.78, 5) is 12.1. The summed E-state index contributed by atoms with van der Waals surface area (Å²) in [5.74, 6) is 2.20. The Hall–Kier alpha value is -2.30. The summed E-state index contributed by atoms with van der Waals surface area (Å²) in [5, 5.41) is 4.25. The molecule has 1 N–H and O–H groups in total. The maximum Gasteiger partial charge on any atom is 0.271 e. The first-order valence-corrected chi connectivity index (χ1v) is 6.74. The lowest BCUT2D eigenvalue weighted by Crippen LogP contribution is -2.35. The molecule has 1 heterocycles. The highest BCUT2D eigenvalue weighted by molar-refractivity contribution is 5.98. The van der Waals surface area contributed by atoms with Gasteiger partial charge in [-0.3, -0.25) is 4.79 Å². The lowest BCUT2D eigenvalue weighted by Gasteiger charge is -2.31. The molecule has 3 aliphatic rings. The van der Waals surface area contributed by atoms with Crippen LogP contribution in [0.5, 0.6) is 11.5 Å². The number of nitrogens with one attached hydrogen (secondary N) is 1. The number of amides is 1. The van der Waals surface area contributed by atoms with Crippen LogP contribution >= 0.6 is 0 Å². The van der Waals surface area contributed by atoms with E-state index in [1.165, 1.54) is 0 Å². The second-order valence-corrected chi connectivity index (χ2v) is 5.25. The largest absolute Gasteiger partial charge is 0.454 e. The maximum absolute atomic E-state index is 12.1. The predicted molar refractivity (Wildman–Crippen MR) is 72.8 cm³/mol. The fourth-order valence-corrected chi connectivity index (χ4v) is 2.89. The highest BCUT2D eigenvalue weighted by Gasteiger charge is 2.38. The fraction of sp³-hybridized carbons (Fsp3) is 0.333. The molecule has 0 spiro atoms. The number of ether oxygens (including phenoxy) is 2. The van der Waals surface area contributed by atoms with E-state index in [0.717, 1.165) is 18.6 Å². The van der Waals surface area contributed by atoms with Crippen molar-refractivity contribution in [2.45, 2.75) is 12.8 Å². The Kier molecular flexibility index (Phi) is 2.52. The van der Waals surface area contributed by atoms with Crippen molar-refractivity contribution in [3.05, 3.63) is 35.9 Å². The number of allylic oxidation sites excluding steroid dienone is 2. The summed E-state index contributed by atoms with van der Waals surface area (Å²) in [6.07, 6.45) is 6.44. The van der Waals surface area contributed by atoms with Gasteiger partial charge in [0.2, 0.25) is 6.79 Å². The van der Waals surface area contributed by atoms with Gasteiger partial charge in [-0.05, 0) is 37.0 Å². The summed E-state index contributed by atoms with van der Waals surface area (Å²) in [6.45, 7) is 0.207. The SMILES string of the molecule is O=C(N/N=C1/C[C@@H]2C=CC[C@@H]12)c1ccc2c(c1)OCO2. The molecular formula is C15H14N2O3. The molecule has 1 saturated carbocycles. The van der Waals surface area contributed by atoms with Gasteiger partial charge in [-0.2, -0.15) is 5.10 Å². The van der Waals surface area contributed by atoms with Gasteiger partial charge in [0.15, 0.2) is 11.5 Å². The van der Waals surface area contributed by atoms with E-state index in [2.05, 4.69) is 22.7 Å². The van der Waals surface area contributed by atoms with E-state index in [1.807, 2.05) is 0 Å². The number of carbonyl (C=O) groups excluding carboxylic acids is 1. The van der Waals surface area contributed by atoms with E-state index in [4.69, 9.17) is 9.47 Å². The summed E-state index contributed by atoms with van der Waals surface area (Å²) in [7, 11) is 0. The number of fused-ring (bicyclic) bond motifs is 2. The highest BCUT2D eigenvalue weighted by atomic mass is 16.7. The molecule has 102 valence electrons. The standard InChI is InChI=1S/C15H14N2O3/c18-15(10-4-5-13-14(7-10)20-8-19-13)17-16-12-6-9-2-1-3-11(9)12/h1-2,4-5,7,9,11H,3,6,8H2,(H,17,18)/b16-12-/t9-,11+/m0/s1. The number of nitrogens with zero attached hydrogens (tertiary/aromatic N) is 1. The van der Waals surface area contributed by atoms with Crippen molar-refractivity contribution in [1.29, 1.82) is 0 Å². The molecule has 0 radical (unpaired) electrons. The van der Waals surface area contributed by atoms with Gasteiger partial charge < -0.3 is 9.47 Å². The van der Waals surface area contributed by atoms with Gasteiger partial charge in [0, 0.05) is 17.2 Å². The monoisotopic (exact) mass is 270 g/mol. The molecule has 0 aromatic heterocycles. The molecular weight excluding hydrogens is 256 g/mol. The van der Waals surface area contributed by atoms with Gasteiger partial charge >= 0.3 is 0 Å². The Bertz CT molecular complexity index is 636. The number of hydrogen-bond donors (Lipinski definition) is 1. The van der Waals surface area contributed by atoms with Crippen LogP contribution in [0.2, 0.25) is 0 Å². The van der Waals surface area contributed by atoms with Crippen LogP contribution in [0.15, 0.2) is 35.5 Å². The zero-order chi connectivity index (χ0) is 13.5. The van der Waals surface area contributed by atoms with Crippen LogP contribution < -0.4 is 14.9 Å². The molecule has 1 aliphatic heterocycles. The average molecular weight is 270 g/mol. The molecule has 1 aromatic carbocycles. The minimum Gasteiger partial charge on any atom is -0.454 e. The van der Waals surface area contributed by atoms with Crippen molar-refractivity contribution in [3.8, 4) is 11.5 Å². The van der Waals surface area contributed by atoms with Crippen molar-refractivity contribution in [2.75, 3.05) is 6.79 Å². The average Bonchev–Trinajstić information content (AvgIpc) is 3.04. The van der Waals surface area contributed by atoms with Crippen LogP contribution in [0.3, 0.4) is 0 Å². The smallest absolute Gasteiger partial charge is 0.271 e. The summed E-state index contributed by atoms with van der Waals surface area (Å²) >= 11 is 0. The van der Waals surface area contributed by atoms with Crippen LogP contribution in [0.1, 0.15) is 23.2 Å². The topological polar surface area (TPSA) is 59.9 Å². The molecule has 2 atom stereocenters. The second-order valence-electron chi connectivity index (χ2n) is 5.25. The molecule has 2 aliphatic carbocycles. The zero-order valence-corrected chi connectivity index (χ0v) is 10.8. The third-order valence-electron chi connectivity index (χ3n) is 4.10.